The highest BCUT2D eigenvalue weighted by Crippen LogP contribution is 2.33. The monoisotopic (exact) mass is 411 g/mol. The molecule has 0 unspecified atom stereocenters. The third-order valence-corrected chi connectivity index (χ3v) is 4.79. The molecule has 0 fully saturated rings. The van der Waals surface area contributed by atoms with Gasteiger partial charge < -0.3 is 19.3 Å². The van der Waals surface area contributed by atoms with Crippen molar-refractivity contribution in [2.45, 2.75) is 4.90 Å². The average Bonchev–Trinajstić information content (AvgIpc) is 2.67. The molecule has 0 radical (unpaired) electrons. The summed E-state index contributed by atoms with van der Waals surface area (Å²) in [5.41, 5.74) is -0.554. The van der Waals surface area contributed by atoms with E-state index in [-0.39, 0.29) is 27.7 Å². The summed E-state index contributed by atoms with van der Waals surface area (Å²) < 4.78 is 39.6. The number of aromatic hydroxyl groups is 1. The minimum atomic E-state index is -4.08. The van der Waals surface area contributed by atoms with Gasteiger partial charge >= 0.3 is 0 Å². The molecule has 2 aromatic rings. The molecule has 0 saturated carbocycles. The van der Waals surface area contributed by atoms with E-state index >= 15 is 0 Å². The van der Waals surface area contributed by atoms with Gasteiger partial charge in [0.05, 0.1) is 49.0 Å². The molecule has 0 aliphatic rings. The third kappa shape index (κ3) is 4.40. The number of nitrogens with one attached hydrogen (secondary N) is 1. The van der Waals surface area contributed by atoms with Crippen LogP contribution in [0.4, 0.5) is 5.69 Å². The number of hydrogen-bond donors (Lipinski definition) is 2. The second-order valence-corrected chi connectivity index (χ2v) is 6.87. The van der Waals surface area contributed by atoms with E-state index in [1.54, 1.807) is 0 Å². The number of hydrogen-bond acceptors (Lipinski definition) is 9. The summed E-state index contributed by atoms with van der Waals surface area (Å²) in [5, 5.41) is 24.5. The Morgan fingerprint density at radius 1 is 1.07 bits per heavy atom. The first kappa shape index (κ1) is 20.8. The topological polar surface area (TPSA) is 150 Å². The van der Waals surface area contributed by atoms with Crippen LogP contribution in [-0.2, 0) is 10.0 Å². The number of phenols is 1. The molecule has 0 amide bonds. The van der Waals surface area contributed by atoms with Gasteiger partial charge in [0.25, 0.3) is 15.7 Å². The standard InChI is InChI=1S/C16H17N3O8S/c1-25-14-5-4-11(7-16(14)27-3)28(23,24)18-17-9-10-6-13(20)15(26-2)8-12(10)19(21)22/h4-9,18,20H,1-3H3/b17-9+. The zero-order valence-corrected chi connectivity index (χ0v) is 15.9. The Labute approximate surface area is 160 Å². The first-order chi connectivity index (χ1) is 13.2. The summed E-state index contributed by atoms with van der Waals surface area (Å²) in [7, 11) is -0.0799. The van der Waals surface area contributed by atoms with Crippen molar-refractivity contribution in [3.63, 3.8) is 0 Å². The number of nitrogens with zero attached hydrogens (tertiary/aromatic N) is 2. The van der Waals surface area contributed by atoms with Gasteiger partial charge in [0.15, 0.2) is 23.0 Å². The van der Waals surface area contributed by atoms with Crippen molar-refractivity contribution in [2.75, 3.05) is 21.3 Å². The molecule has 2 N–H and O–H groups in total. The van der Waals surface area contributed by atoms with Gasteiger partial charge in [-0.25, -0.2) is 4.83 Å². The van der Waals surface area contributed by atoms with E-state index in [4.69, 9.17) is 14.2 Å². The summed E-state index contributed by atoms with van der Waals surface area (Å²) in [5.74, 6) is 0.0754. The van der Waals surface area contributed by atoms with Gasteiger partial charge in [-0.2, -0.15) is 13.5 Å². The second kappa shape index (κ2) is 8.43. The van der Waals surface area contributed by atoms with Crippen LogP contribution in [0.5, 0.6) is 23.0 Å². The van der Waals surface area contributed by atoms with Gasteiger partial charge in [0, 0.05) is 6.07 Å². The van der Waals surface area contributed by atoms with E-state index in [1.165, 1.54) is 39.5 Å². The molecule has 0 spiro atoms. The number of phenolic OH excluding ortho intramolecular Hbond substituents is 1. The minimum Gasteiger partial charge on any atom is -0.504 e. The van der Waals surface area contributed by atoms with Gasteiger partial charge in [-0.1, -0.05) is 0 Å². The van der Waals surface area contributed by atoms with Crippen LogP contribution < -0.4 is 19.0 Å². The highest BCUT2D eigenvalue weighted by molar-refractivity contribution is 7.89. The lowest BCUT2D eigenvalue weighted by Crippen LogP contribution is -2.18. The first-order valence-electron chi connectivity index (χ1n) is 7.55. The maximum absolute atomic E-state index is 12.4. The normalized spacial score (nSPS) is 11.2. The number of ether oxygens (including phenoxy) is 3. The van der Waals surface area contributed by atoms with Gasteiger partial charge in [0.2, 0.25) is 0 Å². The van der Waals surface area contributed by atoms with Crippen molar-refractivity contribution in [3.8, 4) is 23.0 Å². The fraction of sp³-hybridized carbons (Fsp3) is 0.188. The molecular weight excluding hydrogens is 394 g/mol. The number of nitro groups is 1. The molecule has 150 valence electrons. The van der Waals surface area contributed by atoms with Crippen LogP contribution in [0.25, 0.3) is 0 Å². The van der Waals surface area contributed by atoms with Crippen molar-refractivity contribution < 1.29 is 32.7 Å². The molecule has 0 saturated heterocycles. The van der Waals surface area contributed by atoms with Gasteiger partial charge in [-0.3, -0.25) is 10.1 Å². The maximum atomic E-state index is 12.4. The highest BCUT2D eigenvalue weighted by Gasteiger charge is 2.19. The van der Waals surface area contributed by atoms with Crippen LogP contribution in [0.15, 0.2) is 40.3 Å². The maximum Gasteiger partial charge on any atom is 0.282 e. The molecule has 0 aliphatic carbocycles. The van der Waals surface area contributed by atoms with Gasteiger partial charge in [-0.15, -0.1) is 0 Å². The second-order valence-electron chi connectivity index (χ2n) is 5.21. The molecule has 2 rings (SSSR count). The number of sulfonamides is 1. The van der Waals surface area contributed by atoms with Gasteiger partial charge in [0.1, 0.15) is 0 Å². The first-order valence-corrected chi connectivity index (χ1v) is 9.04. The predicted molar refractivity (Wildman–Crippen MR) is 98.8 cm³/mol. The zero-order valence-electron chi connectivity index (χ0n) is 15.1. The van der Waals surface area contributed by atoms with Crippen molar-refractivity contribution in [1.82, 2.24) is 4.83 Å². The summed E-state index contributed by atoms with van der Waals surface area (Å²) in [6.07, 6.45) is 0.898. The zero-order chi connectivity index (χ0) is 20.9. The van der Waals surface area contributed by atoms with E-state index < -0.39 is 20.6 Å². The van der Waals surface area contributed by atoms with Crippen LogP contribution >= 0.6 is 0 Å². The van der Waals surface area contributed by atoms with Gasteiger partial charge in [-0.05, 0) is 18.2 Å². The molecule has 0 aromatic heterocycles. The third-order valence-electron chi connectivity index (χ3n) is 3.57. The lowest BCUT2D eigenvalue weighted by molar-refractivity contribution is -0.385. The van der Waals surface area contributed by atoms with Crippen molar-refractivity contribution in [2.24, 2.45) is 5.10 Å². The molecule has 0 heterocycles. The SMILES string of the molecule is COc1cc([N+](=O)[O-])c(/C=N/NS(=O)(=O)c2ccc(OC)c(OC)c2)cc1O. The Hall–Kier alpha value is -3.54. The quantitative estimate of drug-likeness (QED) is 0.378. The number of methoxy groups -OCH3 is 3. The smallest absolute Gasteiger partial charge is 0.282 e. The van der Waals surface area contributed by atoms with E-state index in [0.29, 0.717) is 5.75 Å². The Balaban J connectivity index is 2.31. The number of rotatable bonds is 8. The number of nitro benzene ring substituents is 1. The fourth-order valence-corrected chi connectivity index (χ4v) is 3.01. The molecule has 12 heteroatoms. The molecule has 0 bridgehead atoms. The van der Waals surface area contributed by atoms with Crippen molar-refractivity contribution >= 4 is 21.9 Å². The number of hydrazone groups is 1. The van der Waals surface area contributed by atoms with Crippen LogP contribution in [0.2, 0.25) is 0 Å². The molecule has 0 aliphatic heterocycles. The summed E-state index contributed by atoms with van der Waals surface area (Å²) in [6, 6.07) is 5.95. The summed E-state index contributed by atoms with van der Waals surface area (Å²) in [6.45, 7) is 0. The lowest BCUT2D eigenvalue weighted by atomic mass is 10.1. The summed E-state index contributed by atoms with van der Waals surface area (Å²) >= 11 is 0. The molecule has 2 aromatic carbocycles. The molecule has 11 nitrogen and oxygen atoms in total. The van der Waals surface area contributed by atoms with Crippen molar-refractivity contribution in [3.05, 3.63) is 46.0 Å². The Morgan fingerprint density at radius 3 is 2.29 bits per heavy atom. The van der Waals surface area contributed by atoms with E-state index in [0.717, 1.165) is 18.3 Å². The molecule has 28 heavy (non-hydrogen) atoms. The van der Waals surface area contributed by atoms with Crippen LogP contribution in [-0.4, -0.2) is 46.0 Å². The predicted octanol–water partition coefficient (Wildman–Crippen LogP) is 1.64. The molecule has 0 atom stereocenters. The number of benzene rings is 2. The lowest BCUT2D eigenvalue weighted by Gasteiger charge is -2.09. The van der Waals surface area contributed by atoms with E-state index in [9.17, 15) is 23.6 Å². The van der Waals surface area contributed by atoms with Crippen LogP contribution in [0.1, 0.15) is 5.56 Å². The fourth-order valence-electron chi connectivity index (χ4n) is 2.20. The minimum absolute atomic E-state index is 0.102. The van der Waals surface area contributed by atoms with E-state index in [2.05, 4.69) is 5.10 Å². The largest absolute Gasteiger partial charge is 0.504 e. The summed E-state index contributed by atoms with van der Waals surface area (Å²) in [4.78, 5) is 12.2. The van der Waals surface area contributed by atoms with Crippen molar-refractivity contribution in [1.29, 1.82) is 0 Å². The van der Waals surface area contributed by atoms with E-state index in [1.807, 2.05) is 4.83 Å². The highest BCUT2D eigenvalue weighted by atomic mass is 32.2. The Kier molecular flexibility index (Phi) is 6.26. The Morgan fingerprint density at radius 2 is 1.71 bits per heavy atom. The van der Waals surface area contributed by atoms with Crippen LogP contribution in [0.3, 0.4) is 0 Å². The Bertz CT molecular complexity index is 1020. The molecular formula is C16H17N3O8S. The van der Waals surface area contributed by atoms with Crippen LogP contribution in [0, 0.1) is 10.1 Å². The average molecular weight is 411 g/mol.